The van der Waals surface area contributed by atoms with Crippen molar-refractivity contribution in [3.8, 4) is 0 Å². The minimum atomic E-state index is -0.108. The molecular weight excluding hydrogens is 572 g/mol. The highest BCUT2D eigenvalue weighted by Crippen LogP contribution is 2.31. The van der Waals surface area contributed by atoms with Crippen LogP contribution < -0.4 is 0 Å². The first-order chi connectivity index (χ1) is 22.1. The molecule has 0 amide bonds. The second kappa shape index (κ2) is 17.8. The standard InChI is InChI=1S/C23H27NO2.C16H23NO2.CH4/c1-3-7-19(8-4-1)17-24-13-11-21(12-14-24)26-23-15-22(16-23)25-18-20-9-5-2-6-10-20;18-14-10-16(11-14)19-15-6-8-17(9-7-15)12-13-4-2-1-3-5-13;/h1-11,22-23H,12-18H2;1-5,14-16,18H,6-12H2;1H4. The number of likely N-dealkylation sites (tertiary alicyclic amines) is 1. The van der Waals surface area contributed by atoms with Crippen molar-refractivity contribution in [3.63, 3.8) is 0 Å². The van der Waals surface area contributed by atoms with Crippen LogP contribution in [0.2, 0.25) is 0 Å². The maximum atomic E-state index is 9.27. The molecule has 2 heterocycles. The molecule has 0 bridgehead atoms. The molecule has 3 aromatic carbocycles. The first-order valence-corrected chi connectivity index (χ1v) is 17.0. The summed E-state index contributed by atoms with van der Waals surface area (Å²) in [5.41, 5.74) is 4.01. The third-order valence-electron chi connectivity index (χ3n) is 9.44. The number of benzene rings is 3. The van der Waals surface area contributed by atoms with Crippen LogP contribution in [0, 0.1) is 0 Å². The third kappa shape index (κ3) is 10.8. The van der Waals surface area contributed by atoms with Gasteiger partial charge in [0.05, 0.1) is 36.8 Å². The van der Waals surface area contributed by atoms with Gasteiger partial charge in [0.15, 0.2) is 0 Å². The van der Waals surface area contributed by atoms with E-state index in [1.54, 1.807) is 0 Å². The Morgan fingerprint density at radius 3 is 1.72 bits per heavy atom. The molecule has 2 aliphatic heterocycles. The van der Waals surface area contributed by atoms with E-state index in [9.17, 15) is 5.11 Å². The van der Waals surface area contributed by atoms with Gasteiger partial charge in [-0.15, -0.1) is 0 Å². The van der Waals surface area contributed by atoms with Gasteiger partial charge in [0.25, 0.3) is 0 Å². The van der Waals surface area contributed by atoms with E-state index in [4.69, 9.17) is 14.2 Å². The highest BCUT2D eigenvalue weighted by molar-refractivity contribution is 5.16. The van der Waals surface area contributed by atoms with Gasteiger partial charge < -0.3 is 19.3 Å². The van der Waals surface area contributed by atoms with Crippen LogP contribution in [-0.4, -0.2) is 71.6 Å². The molecule has 1 saturated heterocycles. The number of nitrogens with zero attached hydrogens (tertiary/aromatic N) is 2. The Morgan fingerprint density at radius 2 is 1.17 bits per heavy atom. The van der Waals surface area contributed by atoms with Crippen LogP contribution in [0.3, 0.4) is 0 Å². The van der Waals surface area contributed by atoms with Gasteiger partial charge >= 0.3 is 0 Å². The summed E-state index contributed by atoms with van der Waals surface area (Å²) in [5.74, 6) is 1.17. The number of aliphatic hydroxyl groups excluding tert-OH is 1. The van der Waals surface area contributed by atoms with E-state index in [-0.39, 0.29) is 13.5 Å². The van der Waals surface area contributed by atoms with Crippen LogP contribution in [0.1, 0.15) is 69.1 Å². The summed E-state index contributed by atoms with van der Waals surface area (Å²) in [5, 5.41) is 9.27. The Hall–Kier alpha value is -3.00. The lowest BCUT2D eigenvalue weighted by molar-refractivity contribution is -0.117. The van der Waals surface area contributed by atoms with Crippen molar-refractivity contribution >= 4 is 0 Å². The molecule has 0 spiro atoms. The Kier molecular flexibility index (Phi) is 13.3. The highest BCUT2D eigenvalue weighted by Gasteiger charge is 2.33. The van der Waals surface area contributed by atoms with Crippen LogP contribution in [0.15, 0.2) is 103 Å². The summed E-state index contributed by atoms with van der Waals surface area (Å²) in [4.78, 5) is 4.97. The topological polar surface area (TPSA) is 54.4 Å². The summed E-state index contributed by atoms with van der Waals surface area (Å²) < 4.78 is 18.1. The van der Waals surface area contributed by atoms with Crippen LogP contribution in [0.25, 0.3) is 0 Å². The zero-order chi connectivity index (χ0) is 30.7. The van der Waals surface area contributed by atoms with Gasteiger partial charge in [-0.2, -0.15) is 0 Å². The van der Waals surface area contributed by atoms with Crippen LogP contribution in [-0.2, 0) is 33.9 Å². The predicted molar refractivity (Wildman–Crippen MR) is 185 cm³/mol. The average molecular weight is 627 g/mol. The fourth-order valence-corrected chi connectivity index (χ4v) is 6.50. The van der Waals surface area contributed by atoms with Gasteiger partial charge in [-0.25, -0.2) is 0 Å². The van der Waals surface area contributed by atoms with Gasteiger partial charge in [-0.05, 0) is 48.4 Å². The predicted octanol–water partition coefficient (Wildman–Crippen LogP) is 7.37. The van der Waals surface area contributed by atoms with Crippen molar-refractivity contribution in [3.05, 3.63) is 120 Å². The smallest absolute Gasteiger partial charge is 0.103 e. The minimum absolute atomic E-state index is 0. The molecule has 0 atom stereocenters. The first-order valence-electron chi connectivity index (χ1n) is 17.0. The Morgan fingerprint density at radius 1 is 0.609 bits per heavy atom. The molecule has 46 heavy (non-hydrogen) atoms. The fourth-order valence-electron chi connectivity index (χ4n) is 6.50. The molecule has 3 fully saturated rings. The second-order valence-electron chi connectivity index (χ2n) is 13.1. The van der Waals surface area contributed by atoms with E-state index < -0.39 is 0 Å². The zero-order valence-corrected chi connectivity index (χ0v) is 26.6. The molecule has 6 nitrogen and oxygen atoms in total. The monoisotopic (exact) mass is 626 g/mol. The number of hydrogen-bond acceptors (Lipinski definition) is 6. The van der Waals surface area contributed by atoms with E-state index in [1.807, 2.05) is 6.07 Å². The van der Waals surface area contributed by atoms with E-state index in [0.29, 0.717) is 31.0 Å². The summed E-state index contributed by atoms with van der Waals surface area (Å²) in [6.07, 6.45) is 10.5. The molecule has 248 valence electrons. The molecule has 1 N–H and O–H groups in total. The second-order valence-corrected chi connectivity index (χ2v) is 13.1. The van der Waals surface area contributed by atoms with Crippen LogP contribution in [0.5, 0.6) is 0 Å². The van der Waals surface area contributed by atoms with Gasteiger partial charge in [-0.1, -0.05) is 98.4 Å². The lowest BCUT2D eigenvalue weighted by atomic mass is 9.91. The van der Waals surface area contributed by atoms with E-state index in [0.717, 1.165) is 84.2 Å². The average Bonchev–Trinajstić information content (AvgIpc) is 3.05. The zero-order valence-electron chi connectivity index (χ0n) is 26.6. The van der Waals surface area contributed by atoms with Crippen molar-refractivity contribution in [2.75, 3.05) is 26.2 Å². The van der Waals surface area contributed by atoms with Gasteiger partial charge in [0.1, 0.15) is 6.10 Å². The van der Waals surface area contributed by atoms with E-state index in [1.165, 1.54) is 22.4 Å². The SMILES string of the molecule is C.C1=C(OC2CC(OCc3ccccc3)C2)CCN(Cc2ccccc2)C1.OC1CC(OC2CCN(Cc3ccccc3)CC2)C1. The maximum absolute atomic E-state index is 9.27. The Bertz CT molecular complexity index is 1280. The third-order valence-corrected chi connectivity index (χ3v) is 9.44. The number of aliphatic hydroxyl groups is 1. The van der Waals surface area contributed by atoms with Crippen LogP contribution in [0.4, 0.5) is 0 Å². The lowest BCUT2D eigenvalue weighted by Crippen LogP contribution is -2.42. The fraction of sp³-hybridized carbons (Fsp3) is 0.500. The molecule has 4 aliphatic rings. The molecule has 0 unspecified atom stereocenters. The number of rotatable bonds is 11. The largest absolute Gasteiger partial charge is 0.495 e. The van der Waals surface area contributed by atoms with Gasteiger partial charge in [-0.3, -0.25) is 9.80 Å². The lowest BCUT2D eigenvalue weighted by Gasteiger charge is -2.38. The molecule has 6 heteroatoms. The molecular formula is C40H54N2O4. The Labute approximate surface area is 277 Å². The molecule has 0 aromatic heterocycles. The maximum Gasteiger partial charge on any atom is 0.103 e. The van der Waals surface area contributed by atoms with Crippen molar-refractivity contribution in [1.82, 2.24) is 9.80 Å². The number of hydrogen-bond donors (Lipinski definition) is 1. The van der Waals surface area contributed by atoms with Gasteiger partial charge in [0.2, 0.25) is 0 Å². The van der Waals surface area contributed by atoms with Gasteiger partial charge in [0, 0.05) is 58.5 Å². The van der Waals surface area contributed by atoms with Crippen molar-refractivity contribution < 1.29 is 19.3 Å². The normalized spacial score (nSPS) is 25.1. The van der Waals surface area contributed by atoms with Crippen molar-refractivity contribution in [1.29, 1.82) is 0 Å². The highest BCUT2D eigenvalue weighted by atomic mass is 16.5. The van der Waals surface area contributed by atoms with E-state index in [2.05, 4.69) is 101 Å². The minimum Gasteiger partial charge on any atom is -0.495 e. The van der Waals surface area contributed by atoms with Crippen molar-refractivity contribution in [2.24, 2.45) is 0 Å². The summed E-state index contributed by atoms with van der Waals surface area (Å²) >= 11 is 0. The molecule has 2 saturated carbocycles. The summed E-state index contributed by atoms with van der Waals surface area (Å²) in [6.45, 7) is 7.06. The van der Waals surface area contributed by atoms with Crippen LogP contribution >= 0.6 is 0 Å². The Balaban J connectivity index is 0.000000186. The molecule has 3 aromatic rings. The number of piperidine rings is 1. The summed E-state index contributed by atoms with van der Waals surface area (Å²) in [6, 6.07) is 31.7. The molecule has 0 radical (unpaired) electrons. The summed E-state index contributed by atoms with van der Waals surface area (Å²) in [7, 11) is 0. The first kappa shape index (κ1) is 34.3. The molecule has 7 rings (SSSR count). The van der Waals surface area contributed by atoms with E-state index >= 15 is 0 Å². The number of ether oxygens (including phenoxy) is 3. The van der Waals surface area contributed by atoms with Crippen molar-refractivity contribution in [2.45, 2.75) is 103 Å². The molecule has 2 aliphatic carbocycles. The quantitative estimate of drug-likeness (QED) is 0.240.